The Kier molecular flexibility index (Phi) is 10.1. The van der Waals surface area contributed by atoms with E-state index in [4.69, 9.17) is 11.5 Å². The third kappa shape index (κ3) is 7.72. The van der Waals surface area contributed by atoms with Crippen LogP contribution in [0.3, 0.4) is 0 Å². The number of carboxylic acids is 1. The molecule has 1 heterocycles. The van der Waals surface area contributed by atoms with Crippen LogP contribution in [-0.2, 0) is 25.6 Å². The average molecular weight is 464 g/mol. The molecular formula is C22H33N5O6. The molecule has 11 nitrogen and oxygen atoms in total. The first-order valence-electron chi connectivity index (χ1n) is 11.1. The van der Waals surface area contributed by atoms with Gasteiger partial charge in [-0.3, -0.25) is 14.4 Å². The van der Waals surface area contributed by atoms with Crippen molar-refractivity contribution in [1.29, 1.82) is 0 Å². The molecule has 1 saturated heterocycles. The predicted molar refractivity (Wildman–Crippen MR) is 120 cm³/mol. The number of rotatable bonds is 12. The highest BCUT2D eigenvalue weighted by atomic mass is 16.4. The van der Waals surface area contributed by atoms with Crippen molar-refractivity contribution in [2.24, 2.45) is 11.5 Å². The van der Waals surface area contributed by atoms with Crippen molar-refractivity contribution in [2.75, 3.05) is 19.6 Å². The van der Waals surface area contributed by atoms with Gasteiger partial charge in [0.25, 0.3) is 0 Å². The van der Waals surface area contributed by atoms with E-state index in [-0.39, 0.29) is 25.3 Å². The summed E-state index contributed by atoms with van der Waals surface area (Å²) in [6.45, 7) is 0.429. The molecule has 0 aliphatic carbocycles. The molecule has 3 atom stereocenters. The van der Waals surface area contributed by atoms with E-state index < -0.39 is 41.8 Å². The zero-order valence-corrected chi connectivity index (χ0v) is 18.5. The molecule has 0 saturated carbocycles. The van der Waals surface area contributed by atoms with Crippen LogP contribution in [0.1, 0.15) is 37.7 Å². The van der Waals surface area contributed by atoms with E-state index in [1.807, 2.05) is 0 Å². The lowest BCUT2D eigenvalue weighted by Crippen LogP contribution is -2.56. The molecule has 0 aromatic heterocycles. The molecule has 1 fully saturated rings. The van der Waals surface area contributed by atoms with Gasteiger partial charge in [0.15, 0.2) is 0 Å². The number of hydrogen-bond acceptors (Lipinski definition) is 7. The van der Waals surface area contributed by atoms with Crippen LogP contribution in [0.25, 0.3) is 0 Å². The van der Waals surface area contributed by atoms with Gasteiger partial charge < -0.3 is 37.2 Å². The molecule has 11 heteroatoms. The summed E-state index contributed by atoms with van der Waals surface area (Å²) in [7, 11) is 0. The minimum absolute atomic E-state index is 0.0561. The Morgan fingerprint density at radius 2 is 1.76 bits per heavy atom. The number of carbonyl (C=O) groups excluding carboxylic acids is 3. The van der Waals surface area contributed by atoms with E-state index in [0.717, 1.165) is 0 Å². The molecule has 1 aromatic carbocycles. The number of likely N-dealkylation sites (tertiary alicyclic amines) is 1. The van der Waals surface area contributed by atoms with E-state index in [9.17, 15) is 29.4 Å². The number of phenols is 1. The van der Waals surface area contributed by atoms with E-state index in [1.165, 1.54) is 17.0 Å². The van der Waals surface area contributed by atoms with Crippen molar-refractivity contribution in [2.45, 2.75) is 56.7 Å². The van der Waals surface area contributed by atoms with Gasteiger partial charge in [0, 0.05) is 13.0 Å². The van der Waals surface area contributed by atoms with Gasteiger partial charge in [0.05, 0.1) is 6.54 Å². The number of nitrogens with one attached hydrogen (secondary N) is 2. The Morgan fingerprint density at radius 1 is 1.06 bits per heavy atom. The summed E-state index contributed by atoms with van der Waals surface area (Å²) in [6.07, 6.45) is 2.55. The summed E-state index contributed by atoms with van der Waals surface area (Å²) in [6, 6.07) is 3.27. The first-order valence-corrected chi connectivity index (χ1v) is 11.1. The zero-order chi connectivity index (χ0) is 24.4. The lowest BCUT2D eigenvalue weighted by atomic mass is 10.0. The number of amides is 3. The quantitative estimate of drug-likeness (QED) is 0.214. The molecule has 1 aliphatic heterocycles. The average Bonchev–Trinajstić information content (AvgIpc) is 3.29. The minimum atomic E-state index is -1.09. The minimum Gasteiger partial charge on any atom is -0.508 e. The Bertz CT molecular complexity index is 831. The maximum Gasteiger partial charge on any atom is 0.326 e. The van der Waals surface area contributed by atoms with Crippen molar-refractivity contribution in [1.82, 2.24) is 15.5 Å². The molecule has 0 radical (unpaired) electrons. The fraction of sp³-hybridized carbons (Fsp3) is 0.545. The maximum absolute atomic E-state index is 13.3. The molecular weight excluding hydrogens is 430 g/mol. The van der Waals surface area contributed by atoms with Gasteiger partial charge in [-0.25, -0.2) is 4.79 Å². The van der Waals surface area contributed by atoms with E-state index in [2.05, 4.69) is 10.6 Å². The molecule has 3 amide bonds. The number of aliphatic carboxylic acids is 1. The normalized spacial score (nSPS) is 17.3. The second-order valence-electron chi connectivity index (χ2n) is 8.07. The van der Waals surface area contributed by atoms with Gasteiger partial charge in [-0.15, -0.1) is 0 Å². The molecule has 1 aromatic rings. The maximum atomic E-state index is 13.3. The summed E-state index contributed by atoms with van der Waals surface area (Å²) in [5.41, 5.74) is 11.6. The molecule has 182 valence electrons. The van der Waals surface area contributed by atoms with Crippen molar-refractivity contribution in [3.05, 3.63) is 29.8 Å². The van der Waals surface area contributed by atoms with E-state index >= 15 is 0 Å². The highest BCUT2D eigenvalue weighted by Crippen LogP contribution is 2.20. The zero-order valence-electron chi connectivity index (χ0n) is 18.5. The van der Waals surface area contributed by atoms with Gasteiger partial charge in [-0.1, -0.05) is 12.1 Å². The van der Waals surface area contributed by atoms with Crippen LogP contribution in [0.4, 0.5) is 0 Å². The second kappa shape index (κ2) is 12.8. The Morgan fingerprint density at radius 3 is 2.36 bits per heavy atom. The molecule has 2 rings (SSSR count). The fourth-order valence-corrected chi connectivity index (χ4v) is 3.84. The van der Waals surface area contributed by atoms with Gasteiger partial charge in [-0.05, 0) is 56.3 Å². The van der Waals surface area contributed by atoms with Crippen LogP contribution in [0.15, 0.2) is 24.3 Å². The topological polar surface area (TPSA) is 188 Å². The lowest BCUT2D eigenvalue weighted by molar-refractivity contribution is -0.149. The van der Waals surface area contributed by atoms with Gasteiger partial charge >= 0.3 is 5.97 Å². The van der Waals surface area contributed by atoms with E-state index in [1.54, 1.807) is 12.1 Å². The van der Waals surface area contributed by atoms with Crippen molar-refractivity contribution >= 4 is 23.7 Å². The largest absolute Gasteiger partial charge is 0.508 e. The Hall–Kier alpha value is -3.18. The van der Waals surface area contributed by atoms with Gasteiger partial charge in [-0.2, -0.15) is 0 Å². The molecule has 3 unspecified atom stereocenters. The Labute approximate surface area is 192 Å². The smallest absolute Gasteiger partial charge is 0.326 e. The summed E-state index contributed by atoms with van der Waals surface area (Å²) in [5.74, 6) is -2.61. The number of nitrogens with zero attached hydrogens (tertiary/aromatic N) is 1. The number of hydrogen-bond donors (Lipinski definition) is 6. The van der Waals surface area contributed by atoms with Crippen LogP contribution >= 0.6 is 0 Å². The number of aromatic hydroxyl groups is 1. The fourth-order valence-electron chi connectivity index (χ4n) is 3.84. The van der Waals surface area contributed by atoms with Crippen LogP contribution in [0, 0.1) is 0 Å². The van der Waals surface area contributed by atoms with Gasteiger partial charge in [0.2, 0.25) is 17.7 Å². The second-order valence-corrected chi connectivity index (χ2v) is 8.07. The van der Waals surface area contributed by atoms with Crippen LogP contribution in [0.2, 0.25) is 0 Å². The van der Waals surface area contributed by atoms with Crippen molar-refractivity contribution in [3.8, 4) is 5.75 Å². The standard InChI is InChI=1S/C22H33N5O6/c23-10-2-1-4-16(25-19(29)13-24)20(30)26-17(12-14-6-8-15(28)9-7-14)21(31)27-11-3-5-18(27)22(32)33/h6-9,16-18,28H,1-5,10-13,23-24H2,(H,25,29)(H,26,30)(H,32,33). The predicted octanol–water partition coefficient (Wildman–Crippen LogP) is -0.932. The number of unbranched alkanes of at least 4 members (excludes halogenated alkanes) is 1. The number of phenolic OH excluding ortho intramolecular Hbond substituents is 1. The first-order chi connectivity index (χ1) is 15.8. The molecule has 8 N–H and O–H groups in total. The lowest BCUT2D eigenvalue weighted by Gasteiger charge is -2.29. The SMILES string of the molecule is NCCCCC(NC(=O)CN)C(=O)NC(Cc1ccc(O)cc1)C(=O)N1CCCC1C(=O)O. The highest BCUT2D eigenvalue weighted by Gasteiger charge is 2.38. The van der Waals surface area contributed by atoms with Crippen LogP contribution < -0.4 is 22.1 Å². The molecule has 33 heavy (non-hydrogen) atoms. The summed E-state index contributed by atoms with van der Waals surface area (Å²) in [4.78, 5) is 51.0. The summed E-state index contributed by atoms with van der Waals surface area (Å²) < 4.78 is 0. The Balaban J connectivity index is 2.23. The number of carboxylic acid groups (broad SMARTS) is 1. The van der Waals surface area contributed by atoms with Crippen LogP contribution in [0.5, 0.6) is 5.75 Å². The monoisotopic (exact) mass is 463 g/mol. The highest BCUT2D eigenvalue weighted by molar-refractivity contribution is 5.94. The van der Waals surface area contributed by atoms with Crippen molar-refractivity contribution < 1.29 is 29.4 Å². The molecule has 0 bridgehead atoms. The van der Waals surface area contributed by atoms with Gasteiger partial charge in [0.1, 0.15) is 23.9 Å². The molecule has 1 aliphatic rings. The third-order valence-electron chi connectivity index (χ3n) is 5.60. The number of benzene rings is 1. The first kappa shape index (κ1) is 26.1. The summed E-state index contributed by atoms with van der Waals surface area (Å²) in [5, 5.41) is 24.3. The summed E-state index contributed by atoms with van der Waals surface area (Å²) >= 11 is 0. The number of nitrogens with two attached hydrogens (primary N) is 2. The molecule has 0 spiro atoms. The number of carbonyl (C=O) groups is 4. The third-order valence-corrected chi connectivity index (χ3v) is 5.60. The van der Waals surface area contributed by atoms with Crippen molar-refractivity contribution in [3.63, 3.8) is 0 Å². The van der Waals surface area contributed by atoms with Crippen LogP contribution in [-0.4, -0.2) is 76.6 Å². The van der Waals surface area contributed by atoms with E-state index in [0.29, 0.717) is 44.2 Å².